The molecule has 2 nitrogen and oxygen atoms in total. The molecule has 1 rings (SSSR count). The van der Waals surface area contributed by atoms with Crippen molar-refractivity contribution in [2.75, 3.05) is 0 Å². The Balaban J connectivity index is 2.62. The highest BCUT2D eigenvalue weighted by Crippen LogP contribution is 2.22. The molecule has 3 N–H and O–H groups in total. The van der Waals surface area contributed by atoms with E-state index in [1.54, 1.807) is 0 Å². The summed E-state index contributed by atoms with van der Waals surface area (Å²) in [6, 6.07) is 7.09. The summed E-state index contributed by atoms with van der Waals surface area (Å²) < 4.78 is 0. The number of rotatable bonds is 5. The van der Waals surface area contributed by atoms with Crippen molar-refractivity contribution in [1.82, 2.24) is 5.43 Å². The SMILES string of the molecule is Cc1cc(C)cc(CC(CCC(C)(C)C)NN)c1. The average Bonchev–Trinajstić information content (AvgIpc) is 2.21. The molecule has 0 aliphatic rings. The summed E-state index contributed by atoms with van der Waals surface area (Å²) in [5.74, 6) is 5.68. The molecular weight excluding hydrogens is 220 g/mol. The first-order valence-electron chi connectivity index (χ1n) is 6.83. The predicted octanol–water partition coefficient (Wildman–Crippen LogP) is 3.50. The molecule has 0 amide bonds. The van der Waals surface area contributed by atoms with Crippen LogP contribution in [0.15, 0.2) is 18.2 Å². The van der Waals surface area contributed by atoms with Gasteiger partial charge in [-0.25, -0.2) is 0 Å². The van der Waals surface area contributed by atoms with Crippen molar-refractivity contribution in [3.8, 4) is 0 Å². The van der Waals surface area contributed by atoms with Gasteiger partial charge in [0.05, 0.1) is 0 Å². The van der Waals surface area contributed by atoms with Gasteiger partial charge in [-0.15, -0.1) is 0 Å². The molecule has 0 aromatic heterocycles. The van der Waals surface area contributed by atoms with E-state index in [0.717, 1.165) is 12.8 Å². The second-order valence-electron chi connectivity index (χ2n) is 6.66. The highest BCUT2D eigenvalue weighted by molar-refractivity contribution is 5.29. The van der Waals surface area contributed by atoms with Crippen LogP contribution in [0.3, 0.4) is 0 Å². The first-order valence-corrected chi connectivity index (χ1v) is 6.83. The number of hydrogen-bond acceptors (Lipinski definition) is 2. The topological polar surface area (TPSA) is 38.0 Å². The first-order chi connectivity index (χ1) is 8.30. The Morgan fingerprint density at radius 1 is 1.11 bits per heavy atom. The van der Waals surface area contributed by atoms with Gasteiger partial charge in [0.2, 0.25) is 0 Å². The van der Waals surface area contributed by atoms with Gasteiger partial charge in [-0.1, -0.05) is 50.1 Å². The second-order valence-corrected chi connectivity index (χ2v) is 6.66. The van der Waals surface area contributed by atoms with Gasteiger partial charge >= 0.3 is 0 Å². The summed E-state index contributed by atoms with van der Waals surface area (Å²) in [4.78, 5) is 0. The maximum absolute atomic E-state index is 5.68. The standard InChI is InChI=1S/C16H28N2/c1-12-8-13(2)10-14(9-12)11-15(18-17)6-7-16(3,4)5/h8-10,15,18H,6-7,11,17H2,1-5H3. The molecule has 18 heavy (non-hydrogen) atoms. The van der Waals surface area contributed by atoms with Crippen LogP contribution in [0.25, 0.3) is 0 Å². The molecular formula is C16H28N2. The van der Waals surface area contributed by atoms with Gasteiger partial charge in [-0.05, 0) is 44.1 Å². The van der Waals surface area contributed by atoms with Gasteiger partial charge in [0, 0.05) is 6.04 Å². The van der Waals surface area contributed by atoms with Crippen molar-refractivity contribution >= 4 is 0 Å². The van der Waals surface area contributed by atoms with E-state index in [1.165, 1.54) is 23.1 Å². The third-order valence-electron chi connectivity index (χ3n) is 3.24. The highest BCUT2D eigenvalue weighted by Gasteiger charge is 2.15. The largest absolute Gasteiger partial charge is 0.271 e. The molecule has 1 unspecified atom stereocenters. The quantitative estimate of drug-likeness (QED) is 0.618. The smallest absolute Gasteiger partial charge is 0.0251 e. The summed E-state index contributed by atoms with van der Waals surface area (Å²) in [5.41, 5.74) is 7.37. The Bertz CT molecular complexity index is 357. The van der Waals surface area contributed by atoms with E-state index < -0.39 is 0 Å². The molecule has 0 aliphatic carbocycles. The molecule has 0 heterocycles. The molecule has 0 saturated heterocycles. The molecule has 0 bridgehead atoms. The van der Waals surface area contributed by atoms with E-state index in [0.29, 0.717) is 11.5 Å². The number of nitrogens with two attached hydrogens (primary N) is 1. The van der Waals surface area contributed by atoms with Crippen LogP contribution in [0.5, 0.6) is 0 Å². The Kier molecular flexibility index (Phi) is 5.36. The Labute approximate surface area is 112 Å². The van der Waals surface area contributed by atoms with E-state index in [4.69, 9.17) is 5.84 Å². The van der Waals surface area contributed by atoms with Crippen LogP contribution in [0.2, 0.25) is 0 Å². The van der Waals surface area contributed by atoms with Crippen molar-refractivity contribution in [1.29, 1.82) is 0 Å². The van der Waals surface area contributed by atoms with Crippen molar-refractivity contribution in [2.45, 2.75) is 59.9 Å². The maximum Gasteiger partial charge on any atom is 0.0251 e. The molecule has 1 aromatic rings. The summed E-state index contributed by atoms with van der Waals surface area (Å²) in [6.45, 7) is 11.1. The van der Waals surface area contributed by atoms with Gasteiger partial charge < -0.3 is 0 Å². The van der Waals surface area contributed by atoms with E-state index in [1.807, 2.05) is 0 Å². The van der Waals surface area contributed by atoms with Crippen LogP contribution < -0.4 is 11.3 Å². The summed E-state index contributed by atoms with van der Waals surface area (Å²) in [7, 11) is 0. The molecule has 2 heteroatoms. The van der Waals surface area contributed by atoms with Crippen LogP contribution in [0.1, 0.15) is 50.3 Å². The minimum atomic E-state index is 0.366. The number of nitrogens with one attached hydrogen (secondary N) is 1. The number of benzene rings is 1. The van der Waals surface area contributed by atoms with Crippen LogP contribution in [-0.2, 0) is 6.42 Å². The van der Waals surface area contributed by atoms with Gasteiger partial charge in [0.15, 0.2) is 0 Å². The lowest BCUT2D eigenvalue weighted by atomic mass is 9.87. The van der Waals surface area contributed by atoms with Crippen LogP contribution in [0.4, 0.5) is 0 Å². The second kappa shape index (κ2) is 6.35. The fraction of sp³-hybridized carbons (Fsp3) is 0.625. The minimum absolute atomic E-state index is 0.366. The van der Waals surface area contributed by atoms with Gasteiger partial charge in [-0.2, -0.15) is 0 Å². The van der Waals surface area contributed by atoms with E-state index in [9.17, 15) is 0 Å². The molecule has 0 spiro atoms. The third-order valence-corrected chi connectivity index (χ3v) is 3.24. The van der Waals surface area contributed by atoms with Crippen LogP contribution in [-0.4, -0.2) is 6.04 Å². The van der Waals surface area contributed by atoms with Crippen LogP contribution in [0, 0.1) is 19.3 Å². The Morgan fingerprint density at radius 3 is 2.11 bits per heavy atom. The normalized spacial score (nSPS) is 13.7. The molecule has 0 aliphatic heterocycles. The zero-order valence-corrected chi connectivity index (χ0v) is 12.5. The summed E-state index contributed by atoms with van der Waals surface area (Å²) >= 11 is 0. The van der Waals surface area contributed by atoms with E-state index in [2.05, 4.69) is 58.2 Å². The van der Waals surface area contributed by atoms with Crippen molar-refractivity contribution in [2.24, 2.45) is 11.3 Å². The lowest BCUT2D eigenvalue weighted by molar-refractivity contribution is 0.330. The fourth-order valence-corrected chi connectivity index (χ4v) is 2.32. The average molecular weight is 248 g/mol. The third kappa shape index (κ3) is 5.65. The molecule has 102 valence electrons. The zero-order valence-electron chi connectivity index (χ0n) is 12.5. The summed E-state index contributed by atoms with van der Waals surface area (Å²) in [6.07, 6.45) is 3.31. The first kappa shape index (κ1) is 15.2. The fourth-order valence-electron chi connectivity index (χ4n) is 2.32. The molecule has 0 radical (unpaired) electrons. The minimum Gasteiger partial charge on any atom is -0.271 e. The number of aryl methyl sites for hydroxylation is 2. The van der Waals surface area contributed by atoms with Gasteiger partial charge in [0.25, 0.3) is 0 Å². The van der Waals surface area contributed by atoms with Gasteiger partial charge in [-0.3, -0.25) is 11.3 Å². The van der Waals surface area contributed by atoms with Crippen molar-refractivity contribution < 1.29 is 0 Å². The monoisotopic (exact) mass is 248 g/mol. The predicted molar refractivity (Wildman–Crippen MR) is 79.4 cm³/mol. The molecule has 0 saturated carbocycles. The van der Waals surface area contributed by atoms with Crippen molar-refractivity contribution in [3.63, 3.8) is 0 Å². The molecule has 0 fully saturated rings. The zero-order chi connectivity index (χ0) is 13.8. The lowest BCUT2D eigenvalue weighted by Crippen LogP contribution is -2.37. The summed E-state index contributed by atoms with van der Waals surface area (Å²) in [5, 5.41) is 0. The highest BCUT2D eigenvalue weighted by atomic mass is 15.2. The number of hydrazine groups is 1. The van der Waals surface area contributed by atoms with E-state index >= 15 is 0 Å². The van der Waals surface area contributed by atoms with E-state index in [-0.39, 0.29) is 0 Å². The lowest BCUT2D eigenvalue weighted by Gasteiger charge is -2.23. The van der Waals surface area contributed by atoms with Gasteiger partial charge in [0.1, 0.15) is 0 Å². The Hall–Kier alpha value is -0.860. The van der Waals surface area contributed by atoms with Crippen LogP contribution >= 0.6 is 0 Å². The maximum atomic E-state index is 5.68. The molecule has 1 aromatic carbocycles. The van der Waals surface area contributed by atoms with Crippen molar-refractivity contribution in [3.05, 3.63) is 34.9 Å². The molecule has 1 atom stereocenters. The number of hydrogen-bond donors (Lipinski definition) is 2. The Morgan fingerprint density at radius 2 is 1.67 bits per heavy atom.